The largest absolute Gasteiger partial charge is 0.490 e. The molecule has 3 heteroatoms. The zero-order valence-corrected chi connectivity index (χ0v) is 12.7. The average molecular weight is 286 g/mol. The first kappa shape index (κ1) is 15.2. The Labute approximate surface area is 126 Å². The normalized spacial score (nSPS) is 10.2. The van der Waals surface area contributed by atoms with Gasteiger partial charge in [0.1, 0.15) is 19.0 Å². The summed E-state index contributed by atoms with van der Waals surface area (Å²) in [7, 11) is 0. The molecule has 0 fully saturated rings. The van der Waals surface area contributed by atoms with Gasteiger partial charge in [0.15, 0.2) is 11.5 Å². The number of hydrogen-bond donors (Lipinski definition) is 0. The Morgan fingerprint density at radius 3 is 2.19 bits per heavy atom. The lowest BCUT2D eigenvalue weighted by Crippen LogP contribution is -2.09. The van der Waals surface area contributed by atoms with Gasteiger partial charge in [0.25, 0.3) is 0 Å². The summed E-state index contributed by atoms with van der Waals surface area (Å²) in [5, 5.41) is 0. The molecule has 0 spiro atoms. The maximum atomic E-state index is 5.72. The molecule has 2 rings (SSSR count). The first-order valence-corrected chi connectivity index (χ1v) is 7.39. The summed E-state index contributed by atoms with van der Waals surface area (Å²) in [6, 6.07) is 15.8. The summed E-state index contributed by atoms with van der Waals surface area (Å²) in [6.07, 6.45) is 1.01. The van der Waals surface area contributed by atoms with E-state index in [4.69, 9.17) is 14.2 Å². The van der Waals surface area contributed by atoms with Crippen molar-refractivity contribution in [2.24, 2.45) is 0 Å². The van der Waals surface area contributed by atoms with Crippen molar-refractivity contribution in [1.29, 1.82) is 0 Å². The lowest BCUT2D eigenvalue weighted by Gasteiger charge is -2.12. The molecule has 0 saturated heterocycles. The average Bonchev–Trinajstić information content (AvgIpc) is 2.53. The molecule has 0 N–H and O–H groups in total. The van der Waals surface area contributed by atoms with Crippen LogP contribution >= 0.6 is 0 Å². The van der Waals surface area contributed by atoms with Crippen LogP contribution in [0.3, 0.4) is 0 Å². The van der Waals surface area contributed by atoms with Gasteiger partial charge in [-0.15, -0.1) is 0 Å². The monoisotopic (exact) mass is 286 g/mol. The fourth-order valence-corrected chi connectivity index (χ4v) is 2.01. The fourth-order valence-electron chi connectivity index (χ4n) is 2.01. The molecule has 112 valence electrons. The van der Waals surface area contributed by atoms with Gasteiger partial charge in [-0.05, 0) is 43.2 Å². The van der Waals surface area contributed by atoms with E-state index in [1.807, 2.05) is 43.3 Å². The molecule has 0 aliphatic rings. The molecule has 0 atom stereocenters. The summed E-state index contributed by atoms with van der Waals surface area (Å²) in [5.74, 6) is 2.41. The Bertz CT molecular complexity index is 552. The maximum Gasteiger partial charge on any atom is 0.161 e. The molecule has 3 nitrogen and oxygen atoms in total. The second-order valence-corrected chi connectivity index (χ2v) is 4.58. The first-order valence-electron chi connectivity index (χ1n) is 7.39. The van der Waals surface area contributed by atoms with Gasteiger partial charge in [-0.1, -0.05) is 31.2 Å². The van der Waals surface area contributed by atoms with Gasteiger partial charge in [0.2, 0.25) is 0 Å². The van der Waals surface area contributed by atoms with Gasteiger partial charge in [-0.2, -0.15) is 0 Å². The Morgan fingerprint density at radius 1 is 0.762 bits per heavy atom. The van der Waals surface area contributed by atoms with E-state index in [-0.39, 0.29) is 0 Å². The molecular formula is C18H22O3. The molecule has 0 aliphatic heterocycles. The summed E-state index contributed by atoms with van der Waals surface area (Å²) < 4.78 is 16.9. The van der Waals surface area contributed by atoms with Gasteiger partial charge >= 0.3 is 0 Å². The highest BCUT2D eigenvalue weighted by atomic mass is 16.5. The molecule has 0 saturated carbocycles. The van der Waals surface area contributed by atoms with E-state index in [2.05, 4.69) is 19.1 Å². The van der Waals surface area contributed by atoms with Crippen LogP contribution in [0.5, 0.6) is 17.2 Å². The Hall–Kier alpha value is -2.16. The first-order chi connectivity index (χ1) is 10.3. The highest BCUT2D eigenvalue weighted by Gasteiger charge is 2.03. The lowest BCUT2D eigenvalue weighted by molar-refractivity contribution is 0.208. The van der Waals surface area contributed by atoms with E-state index in [0.717, 1.165) is 23.7 Å². The highest BCUT2D eigenvalue weighted by molar-refractivity contribution is 5.39. The van der Waals surface area contributed by atoms with E-state index in [1.165, 1.54) is 5.56 Å². The molecule has 21 heavy (non-hydrogen) atoms. The third-order valence-electron chi connectivity index (χ3n) is 3.07. The van der Waals surface area contributed by atoms with Crippen LogP contribution in [0.15, 0.2) is 48.5 Å². The number of rotatable bonds is 8. The summed E-state index contributed by atoms with van der Waals surface area (Å²) in [5.41, 5.74) is 1.27. The quantitative estimate of drug-likeness (QED) is 0.684. The predicted molar refractivity (Wildman–Crippen MR) is 84.4 cm³/mol. The summed E-state index contributed by atoms with van der Waals surface area (Å²) in [4.78, 5) is 0. The maximum absolute atomic E-state index is 5.72. The Balaban J connectivity index is 1.81. The van der Waals surface area contributed by atoms with Gasteiger partial charge in [-0.3, -0.25) is 0 Å². The van der Waals surface area contributed by atoms with Crippen LogP contribution < -0.4 is 14.2 Å². The van der Waals surface area contributed by atoms with E-state index >= 15 is 0 Å². The van der Waals surface area contributed by atoms with Crippen LogP contribution in [0.1, 0.15) is 19.4 Å². The van der Waals surface area contributed by atoms with Crippen molar-refractivity contribution in [2.45, 2.75) is 20.3 Å². The van der Waals surface area contributed by atoms with Gasteiger partial charge in [0.05, 0.1) is 6.61 Å². The van der Waals surface area contributed by atoms with E-state index in [1.54, 1.807) is 0 Å². The van der Waals surface area contributed by atoms with Crippen molar-refractivity contribution in [2.75, 3.05) is 19.8 Å². The number of ether oxygens (including phenoxy) is 3. The molecule has 0 radical (unpaired) electrons. The fraction of sp³-hybridized carbons (Fsp3) is 0.333. The van der Waals surface area contributed by atoms with Crippen molar-refractivity contribution >= 4 is 0 Å². The van der Waals surface area contributed by atoms with Crippen molar-refractivity contribution in [3.05, 3.63) is 54.1 Å². The lowest BCUT2D eigenvalue weighted by atomic mass is 10.2. The molecule has 0 aliphatic carbocycles. The molecular weight excluding hydrogens is 264 g/mol. The van der Waals surface area contributed by atoms with Crippen LogP contribution in [0, 0.1) is 0 Å². The Morgan fingerprint density at radius 2 is 1.48 bits per heavy atom. The number of hydrogen-bond acceptors (Lipinski definition) is 3. The third-order valence-corrected chi connectivity index (χ3v) is 3.07. The minimum Gasteiger partial charge on any atom is -0.490 e. The zero-order chi connectivity index (χ0) is 14.9. The topological polar surface area (TPSA) is 27.7 Å². The molecule has 2 aromatic rings. The minimum atomic E-state index is 0.487. The van der Waals surface area contributed by atoms with Crippen molar-refractivity contribution in [3.63, 3.8) is 0 Å². The van der Waals surface area contributed by atoms with Crippen LogP contribution in [0.25, 0.3) is 0 Å². The number of para-hydroxylation sites is 2. The van der Waals surface area contributed by atoms with E-state index in [9.17, 15) is 0 Å². The molecule has 0 heterocycles. The molecule has 0 bridgehead atoms. The standard InChI is InChI=1S/C18H22O3/c1-3-15-8-7-9-16(14-15)20-12-13-21-18-11-6-5-10-17(18)19-4-2/h5-11,14H,3-4,12-13H2,1-2H3. The van der Waals surface area contributed by atoms with Gasteiger partial charge in [0, 0.05) is 0 Å². The smallest absolute Gasteiger partial charge is 0.161 e. The minimum absolute atomic E-state index is 0.487. The van der Waals surface area contributed by atoms with Crippen molar-refractivity contribution in [3.8, 4) is 17.2 Å². The van der Waals surface area contributed by atoms with Gasteiger partial charge < -0.3 is 14.2 Å². The second-order valence-electron chi connectivity index (χ2n) is 4.58. The predicted octanol–water partition coefficient (Wildman–Crippen LogP) is 4.11. The van der Waals surface area contributed by atoms with Crippen LogP contribution in [-0.2, 0) is 6.42 Å². The number of aryl methyl sites for hydroxylation is 1. The molecule has 2 aromatic carbocycles. The summed E-state index contributed by atoms with van der Waals surface area (Å²) >= 11 is 0. The van der Waals surface area contributed by atoms with Crippen LogP contribution in [-0.4, -0.2) is 19.8 Å². The van der Waals surface area contributed by atoms with Crippen molar-refractivity contribution in [1.82, 2.24) is 0 Å². The summed E-state index contributed by atoms with van der Waals surface area (Å²) in [6.45, 7) is 5.71. The number of benzene rings is 2. The third kappa shape index (κ3) is 4.71. The SMILES string of the molecule is CCOc1ccccc1OCCOc1cccc(CC)c1. The Kier molecular flexibility index (Phi) is 5.95. The van der Waals surface area contributed by atoms with Gasteiger partial charge in [-0.25, -0.2) is 0 Å². The van der Waals surface area contributed by atoms with E-state index < -0.39 is 0 Å². The molecule has 0 aromatic heterocycles. The van der Waals surface area contributed by atoms with Crippen LogP contribution in [0.2, 0.25) is 0 Å². The second kappa shape index (κ2) is 8.20. The van der Waals surface area contributed by atoms with Crippen LogP contribution in [0.4, 0.5) is 0 Å². The van der Waals surface area contributed by atoms with E-state index in [0.29, 0.717) is 19.8 Å². The molecule has 0 unspecified atom stereocenters. The molecule has 0 amide bonds. The zero-order valence-electron chi connectivity index (χ0n) is 12.7. The van der Waals surface area contributed by atoms with Crippen molar-refractivity contribution < 1.29 is 14.2 Å². The highest BCUT2D eigenvalue weighted by Crippen LogP contribution is 2.26.